The van der Waals surface area contributed by atoms with Crippen LogP contribution in [-0.2, 0) is 30.3 Å². The number of allylic oxidation sites excluding steroid dienone is 2. The summed E-state index contributed by atoms with van der Waals surface area (Å²) in [6.45, 7) is 13.9. The molecule has 0 saturated heterocycles. The van der Waals surface area contributed by atoms with Crippen molar-refractivity contribution >= 4 is 27.3 Å². The number of carbonyl (C=O) groups is 1. The minimum atomic E-state index is -0.125. The van der Waals surface area contributed by atoms with E-state index in [1.807, 2.05) is 0 Å². The van der Waals surface area contributed by atoms with E-state index in [1.54, 1.807) is 11.3 Å². The van der Waals surface area contributed by atoms with E-state index >= 15 is 0 Å². The first-order valence-corrected chi connectivity index (χ1v) is 12.2. The van der Waals surface area contributed by atoms with Gasteiger partial charge in [-0.2, -0.15) is 0 Å². The Balaban J connectivity index is 0.000000476. The molecule has 0 unspecified atom stereocenters. The van der Waals surface area contributed by atoms with Crippen LogP contribution in [0, 0.1) is 19.9 Å². The molecule has 0 bridgehead atoms. The van der Waals surface area contributed by atoms with Gasteiger partial charge in [0.15, 0.2) is 5.78 Å². The number of aliphatic hydroxyl groups excluding tert-OH is 1. The fourth-order valence-electron chi connectivity index (χ4n) is 3.69. The first-order valence-electron chi connectivity index (χ1n) is 11.3. The molecule has 0 aliphatic carbocycles. The van der Waals surface area contributed by atoms with Gasteiger partial charge in [-0.15, -0.1) is 46.2 Å². The largest absolute Gasteiger partial charge is 0.512 e. The van der Waals surface area contributed by atoms with Crippen molar-refractivity contribution in [3.8, 4) is 21.7 Å². The van der Waals surface area contributed by atoms with Crippen LogP contribution < -0.4 is 0 Å². The third-order valence-electron chi connectivity index (χ3n) is 5.40. The normalized spacial score (nSPS) is 11.5. The molecule has 0 fully saturated rings. The van der Waals surface area contributed by atoms with Crippen molar-refractivity contribution in [1.82, 2.24) is 4.98 Å². The van der Waals surface area contributed by atoms with E-state index in [0.29, 0.717) is 0 Å². The van der Waals surface area contributed by atoms with Crippen molar-refractivity contribution in [2.24, 2.45) is 0 Å². The van der Waals surface area contributed by atoms with Crippen LogP contribution >= 0.6 is 11.3 Å². The number of hydrogen-bond acceptors (Lipinski definition) is 4. The monoisotopic (exact) mass is 663 g/mol. The SMILES string of the molecule is CC(=O)/C=C(/C)O.Cc1[c-]c(-c2ccc3c(C)c(-c4ccccc4)sc3n2)cc(C(C)(C)C)c1.[Ir]. The smallest absolute Gasteiger partial charge is 0.155 e. The zero-order valence-electron chi connectivity index (χ0n) is 21.3. The van der Waals surface area contributed by atoms with Gasteiger partial charge in [-0.3, -0.25) is 9.78 Å². The van der Waals surface area contributed by atoms with E-state index in [9.17, 15) is 4.79 Å². The summed E-state index contributed by atoms with van der Waals surface area (Å²) < 4.78 is 0. The fourth-order valence-corrected chi connectivity index (χ4v) is 4.88. The Morgan fingerprint density at radius 1 is 1.03 bits per heavy atom. The van der Waals surface area contributed by atoms with E-state index in [4.69, 9.17) is 10.1 Å². The van der Waals surface area contributed by atoms with Gasteiger partial charge in [0, 0.05) is 36.4 Å². The maximum atomic E-state index is 10.0. The van der Waals surface area contributed by atoms with Crippen LogP contribution in [0.5, 0.6) is 0 Å². The van der Waals surface area contributed by atoms with E-state index in [1.165, 1.54) is 46.9 Å². The van der Waals surface area contributed by atoms with Gasteiger partial charge >= 0.3 is 0 Å². The second-order valence-electron chi connectivity index (χ2n) is 9.58. The molecule has 185 valence electrons. The molecule has 0 spiro atoms. The number of thiophene rings is 1. The van der Waals surface area contributed by atoms with E-state index < -0.39 is 0 Å². The van der Waals surface area contributed by atoms with Crippen molar-refractivity contribution in [3.05, 3.63) is 89.2 Å². The number of hydrogen-bond donors (Lipinski definition) is 1. The second kappa shape index (κ2) is 11.9. The number of fused-ring (bicyclic) bond motifs is 1. The van der Waals surface area contributed by atoms with Crippen LogP contribution in [0.4, 0.5) is 0 Å². The molecule has 0 aliphatic rings. The predicted octanol–water partition coefficient (Wildman–Crippen LogP) is 8.38. The Hall–Kier alpha value is -2.59. The van der Waals surface area contributed by atoms with Crippen LogP contribution in [0.25, 0.3) is 31.9 Å². The zero-order chi connectivity index (χ0) is 25.0. The minimum absolute atomic E-state index is 0. The van der Waals surface area contributed by atoms with Gasteiger partial charge in [-0.25, -0.2) is 0 Å². The quantitative estimate of drug-likeness (QED) is 0.136. The number of carbonyl (C=O) groups excluding carboxylic acids is 1. The Morgan fingerprint density at radius 3 is 2.23 bits per heavy atom. The van der Waals surface area contributed by atoms with Crippen molar-refractivity contribution in [3.63, 3.8) is 0 Å². The van der Waals surface area contributed by atoms with E-state index in [0.717, 1.165) is 21.7 Å². The Morgan fingerprint density at radius 2 is 1.69 bits per heavy atom. The zero-order valence-corrected chi connectivity index (χ0v) is 24.5. The molecule has 5 heteroatoms. The summed E-state index contributed by atoms with van der Waals surface area (Å²) in [6, 6.07) is 22.9. The summed E-state index contributed by atoms with van der Waals surface area (Å²) in [5, 5.41) is 9.61. The molecule has 4 rings (SSSR count). The third-order valence-corrected chi connectivity index (χ3v) is 6.65. The van der Waals surface area contributed by atoms with Crippen LogP contribution in [0.2, 0.25) is 0 Å². The number of benzene rings is 2. The van der Waals surface area contributed by atoms with E-state index in [-0.39, 0.29) is 37.1 Å². The van der Waals surface area contributed by atoms with Gasteiger partial charge in [-0.05, 0) is 43.0 Å². The number of aromatic nitrogens is 1. The van der Waals surface area contributed by atoms with Gasteiger partial charge in [0.1, 0.15) is 4.83 Å². The van der Waals surface area contributed by atoms with Gasteiger partial charge in [0.2, 0.25) is 0 Å². The molecular weight excluding hydrogens is 631 g/mol. The molecule has 0 amide bonds. The van der Waals surface area contributed by atoms with Gasteiger partial charge < -0.3 is 5.11 Å². The van der Waals surface area contributed by atoms with Crippen LogP contribution in [0.1, 0.15) is 51.3 Å². The molecule has 1 radical (unpaired) electrons. The van der Waals surface area contributed by atoms with Crippen molar-refractivity contribution in [1.29, 1.82) is 0 Å². The van der Waals surface area contributed by atoms with Crippen molar-refractivity contribution in [2.75, 3.05) is 0 Å². The molecule has 0 saturated carbocycles. The average molecular weight is 663 g/mol. The molecule has 1 N–H and O–H groups in total. The molecule has 2 aromatic carbocycles. The average Bonchev–Trinajstić information content (AvgIpc) is 3.09. The van der Waals surface area contributed by atoms with Gasteiger partial charge in [0.05, 0.1) is 5.76 Å². The van der Waals surface area contributed by atoms with Gasteiger partial charge in [0.25, 0.3) is 0 Å². The third kappa shape index (κ3) is 7.44. The topological polar surface area (TPSA) is 50.2 Å². The fraction of sp³-hybridized carbons (Fsp3) is 0.267. The second-order valence-corrected chi connectivity index (χ2v) is 10.6. The van der Waals surface area contributed by atoms with Crippen LogP contribution in [0.3, 0.4) is 0 Å². The molecule has 2 aromatic heterocycles. The standard InChI is InChI=1S/C25H24NS.C5H8O2.Ir/c1-16-13-19(15-20(14-16)25(3,4)5)22-12-11-21-17(2)23(27-24(21)26-22)18-9-7-6-8-10-18;1-4(6)3-5(2)7;/h6-12,14-15H,1-5H3;3,6H,1-2H3;/q-1;;/b;4-3-;. The number of aliphatic hydroxyl groups is 1. The summed E-state index contributed by atoms with van der Waals surface area (Å²) >= 11 is 1.77. The maximum Gasteiger partial charge on any atom is 0.155 e. The molecular formula is C30H32IrNO2S-. The van der Waals surface area contributed by atoms with Gasteiger partial charge in [-0.1, -0.05) is 70.2 Å². The molecule has 2 heterocycles. The predicted molar refractivity (Wildman–Crippen MR) is 145 cm³/mol. The van der Waals surface area contributed by atoms with E-state index in [2.05, 4.69) is 95.3 Å². The molecule has 35 heavy (non-hydrogen) atoms. The number of nitrogens with zero attached hydrogens (tertiary/aromatic N) is 1. The molecule has 0 atom stereocenters. The summed E-state index contributed by atoms with van der Waals surface area (Å²) in [4.78, 5) is 17.4. The summed E-state index contributed by atoms with van der Waals surface area (Å²) in [5.41, 5.74) is 7.24. The summed E-state index contributed by atoms with van der Waals surface area (Å²) in [5.74, 6) is -0.0625. The number of aryl methyl sites for hydroxylation is 2. The van der Waals surface area contributed by atoms with Crippen LogP contribution in [-0.4, -0.2) is 15.9 Å². The van der Waals surface area contributed by atoms with Crippen molar-refractivity contribution in [2.45, 2.75) is 53.9 Å². The molecule has 4 aromatic rings. The number of rotatable bonds is 3. The van der Waals surface area contributed by atoms with Crippen molar-refractivity contribution < 1.29 is 30.0 Å². The first-order chi connectivity index (χ1) is 16.0. The first kappa shape index (κ1) is 28.6. The summed E-state index contributed by atoms with van der Waals surface area (Å²) in [7, 11) is 0. The van der Waals surface area contributed by atoms with Crippen LogP contribution in [0.15, 0.2) is 66.4 Å². The molecule has 3 nitrogen and oxygen atoms in total. The summed E-state index contributed by atoms with van der Waals surface area (Å²) in [6.07, 6.45) is 1.17. The Kier molecular flexibility index (Phi) is 9.74. The number of ketones is 1. The Labute approximate surface area is 226 Å². The Bertz CT molecular complexity index is 1340. The minimum Gasteiger partial charge on any atom is -0.512 e. The molecule has 0 aliphatic heterocycles. The number of pyridine rings is 1. The maximum absolute atomic E-state index is 10.0.